The number of fused-ring (bicyclic) bond motifs is 1. The lowest BCUT2D eigenvalue weighted by Gasteiger charge is -2.29. The van der Waals surface area contributed by atoms with Gasteiger partial charge in [0.2, 0.25) is 0 Å². The Balaban J connectivity index is 1.63. The first-order valence-corrected chi connectivity index (χ1v) is 8.60. The molecule has 0 saturated heterocycles. The maximum atomic E-state index is 13.0. The number of benzene rings is 2. The minimum Gasteiger partial charge on any atom is -0.334 e. The molecule has 0 atom stereocenters. The van der Waals surface area contributed by atoms with Crippen LogP contribution in [0.4, 0.5) is 0 Å². The largest absolute Gasteiger partial charge is 0.334 e. The molecular weight excluding hydrogens is 308 g/mol. The Hall–Kier alpha value is -2.94. The molecule has 4 rings (SSSR count). The van der Waals surface area contributed by atoms with E-state index in [1.807, 2.05) is 47.4 Å². The Labute approximate surface area is 148 Å². The van der Waals surface area contributed by atoms with Crippen molar-refractivity contribution in [3.63, 3.8) is 0 Å². The predicted molar refractivity (Wildman–Crippen MR) is 99.3 cm³/mol. The molecule has 0 bridgehead atoms. The molecule has 1 aliphatic heterocycles. The highest BCUT2D eigenvalue weighted by Crippen LogP contribution is 2.25. The van der Waals surface area contributed by atoms with Gasteiger partial charge in [-0.15, -0.1) is 0 Å². The average Bonchev–Trinajstić information content (AvgIpc) is 2.68. The van der Waals surface area contributed by atoms with Crippen LogP contribution in [0.25, 0.3) is 11.3 Å². The molecule has 0 spiro atoms. The van der Waals surface area contributed by atoms with Crippen molar-refractivity contribution in [3.05, 3.63) is 89.1 Å². The molecule has 0 N–H and O–H groups in total. The van der Waals surface area contributed by atoms with Crippen molar-refractivity contribution in [2.75, 3.05) is 6.54 Å². The van der Waals surface area contributed by atoms with E-state index >= 15 is 0 Å². The standard InChI is InChI=1S/C22H20N2O/c1-16-9-10-18(14-20(16)21-8-4-5-12-23-21)22(25)24-13-11-17-6-2-3-7-19(17)15-24/h2-10,12,14H,11,13,15H2,1H3. The SMILES string of the molecule is Cc1ccc(C(=O)N2CCc3ccccc3C2)cc1-c1ccccn1. The number of hydrogen-bond acceptors (Lipinski definition) is 2. The second-order valence-electron chi connectivity index (χ2n) is 6.49. The van der Waals surface area contributed by atoms with Gasteiger partial charge in [-0.05, 0) is 54.3 Å². The fourth-order valence-corrected chi connectivity index (χ4v) is 3.40. The summed E-state index contributed by atoms with van der Waals surface area (Å²) in [4.78, 5) is 19.4. The molecule has 2 aromatic carbocycles. The Bertz CT molecular complexity index is 918. The van der Waals surface area contributed by atoms with Crippen LogP contribution in [0.2, 0.25) is 0 Å². The molecule has 1 aliphatic rings. The molecule has 2 heterocycles. The van der Waals surface area contributed by atoms with E-state index in [9.17, 15) is 4.79 Å². The van der Waals surface area contributed by atoms with E-state index in [-0.39, 0.29) is 5.91 Å². The molecule has 124 valence electrons. The summed E-state index contributed by atoms with van der Waals surface area (Å²) in [6.45, 7) is 3.50. The number of pyridine rings is 1. The normalized spacial score (nSPS) is 13.4. The predicted octanol–water partition coefficient (Wildman–Crippen LogP) is 4.26. The van der Waals surface area contributed by atoms with Crippen molar-refractivity contribution < 1.29 is 4.79 Å². The Morgan fingerprint density at radius 3 is 2.60 bits per heavy atom. The van der Waals surface area contributed by atoms with Gasteiger partial charge >= 0.3 is 0 Å². The molecule has 0 unspecified atom stereocenters. The Morgan fingerprint density at radius 2 is 1.80 bits per heavy atom. The van der Waals surface area contributed by atoms with Gasteiger partial charge in [0, 0.05) is 30.4 Å². The lowest BCUT2D eigenvalue weighted by atomic mass is 9.98. The van der Waals surface area contributed by atoms with Gasteiger partial charge in [0.15, 0.2) is 0 Å². The maximum Gasteiger partial charge on any atom is 0.254 e. The minimum absolute atomic E-state index is 0.0895. The van der Waals surface area contributed by atoms with Crippen molar-refractivity contribution in [1.82, 2.24) is 9.88 Å². The van der Waals surface area contributed by atoms with Crippen LogP contribution in [0.1, 0.15) is 27.0 Å². The van der Waals surface area contributed by atoms with Crippen molar-refractivity contribution in [1.29, 1.82) is 0 Å². The number of carbonyl (C=O) groups excluding carboxylic acids is 1. The fraction of sp³-hybridized carbons (Fsp3) is 0.182. The molecule has 3 heteroatoms. The monoisotopic (exact) mass is 328 g/mol. The molecule has 1 aromatic heterocycles. The van der Waals surface area contributed by atoms with Gasteiger partial charge in [0.1, 0.15) is 0 Å². The van der Waals surface area contributed by atoms with E-state index in [2.05, 4.69) is 30.1 Å². The van der Waals surface area contributed by atoms with E-state index in [0.717, 1.165) is 35.3 Å². The van der Waals surface area contributed by atoms with E-state index in [1.165, 1.54) is 11.1 Å². The van der Waals surface area contributed by atoms with Crippen molar-refractivity contribution in [2.24, 2.45) is 0 Å². The first kappa shape index (κ1) is 15.6. The first-order valence-electron chi connectivity index (χ1n) is 8.60. The highest BCUT2D eigenvalue weighted by molar-refractivity contribution is 5.95. The first-order chi connectivity index (χ1) is 12.2. The van der Waals surface area contributed by atoms with E-state index in [0.29, 0.717) is 6.54 Å². The zero-order valence-electron chi connectivity index (χ0n) is 14.3. The van der Waals surface area contributed by atoms with Gasteiger partial charge in [-0.2, -0.15) is 0 Å². The molecular formula is C22H20N2O. The average molecular weight is 328 g/mol. The van der Waals surface area contributed by atoms with Crippen LogP contribution in [-0.2, 0) is 13.0 Å². The summed E-state index contributed by atoms with van der Waals surface area (Å²) < 4.78 is 0. The van der Waals surface area contributed by atoms with Crippen LogP contribution in [-0.4, -0.2) is 22.3 Å². The lowest BCUT2D eigenvalue weighted by Crippen LogP contribution is -2.35. The highest BCUT2D eigenvalue weighted by atomic mass is 16.2. The number of aryl methyl sites for hydroxylation is 1. The van der Waals surface area contributed by atoms with Crippen molar-refractivity contribution >= 4 is 5.91 Å². The molecule has 0 radical (unpaired) electrons. The van der Waals surface area contributed by atoms with Gasteiger partial charge in [-0.25, -0.2) is 0 Å². The van der Waals surface area contributed by atoms with Crippen molar-refractivity contribution in [3.8, 4) is 11.3 Å². The summed E-state index contributed by atoms with van der Waals surface area (Å²) in [5.41, 5.74) is 6.37. The summed E-state index contributed by atoms with van der Waals surface area (Å²) in [7, 11) is 0. The highest BCUT2D eigenvalue weighted by Gasteiger charge is 2.22. The third-order valence-electron chi connectivity index (χ3n) is 4.84. The van der Waals surface area contributed by atoms with Gasteiger partial charge in [-0.1, -0.05) is 36.4 Å². The van der Waals surface area contributed by atoms with Crippen LogP contribution < -0.4 is 0 Å². The van der Waals surface area contributed by atoms with Crippen LogP contribution in [0.5, 0.6) is 0 Å². The zero-order valence-corrected chi connectivity index (χ0v) is 14.3. The molecule has 0 aliphatic carbocycles. The third-order valence-corrected chi connectivity index (χ3v) is 4.84. The number of carbonyl (C=O) groups is 1. The van der Waals surface area contributed by atoms with Gasteiger partial charge in [0.25, 0.3) is 5.91 Å². The maximum absolute atomic E-state index is 13.0. The van der Waals surface area contributed by atoms with E-state index in [4.69, 9.17) is 0 Å². The number of nitrogens with zero attached hydrogens (tertiary/aromatic N) is 2. The molecule has 3 nitrogen and oxygen atoms in total. The number of hydrogen-bond donors (Lipinski definition) is 0. The van der Waals surface area contributed by atoms with Crippen LogP contribution in [0.15, 0.2) is 66.9 Å². The van der Waals surface area contributed by atoms with Crippen LogP contribution in [0, 0.1) is 6.92 Å². The molecule has 3 aromatic rings. The van der Waals surface area contributed by atoms with Gasteiger partial charge in [-0.3, -0.25) is 9.78 Å². The van der Waals surface area contributed by atoms with Crippen LogP contribution >= 0.6 is 0 Å². The number of rotatable bonds is 2. The summed E-state index contributed by atoms with van der Waals surface area (Å²) in [5, 5.41) is 0. The smallest absolute Gasteiger partial charge is 0.254 e. The molecule has 0 saturated carbocycles. The van der Waals surface area contributed by atoms with Gasteiger partial charge in [0.05, 0.1) is 5.69 Å². The minimum atomic E-state index is 0.0895. The van der Waals surface area contributed by atoms with Crippen molar-refractivity contribution in [2.45, 2.75) is 19.9 Å². The quantitative estimate of drug-likeness (QED) is 0.704. The summed E-state index contributed by atoms with van der Waals surface area (Å²) in [6.07, 6.45) is 2.70. The zero-order chi connectivity index (χ0) is 17.2. The molecule has 1 amide bonds. The fourth-order valence-electron chi connectivity index (χ4n) is 3.40. The Kier molecular flexibility index (Phi) is 4.06. The summed E-state index contributed by atoms with van der Waals surface area (Å²) >= 11 is 0. The third kappa shape index (κ3) is 3.05. The second kappa shape index (κ2) is 6.52. The molecule has 0 fully saturated rings. The van der Waals surface area contributed by atoms with Crippen LogP contribution in [0.3, 0.4) is 0 Å². The van der Waals surface area contributed by atoms with Gasteiger partial charge < -0.3 is 4.90 Å². The van der Waals surface area contributed by atoms with E-state index < -0.39 is 0 Å². The molecule has 25 heavy (non-hydrogen) atoms. The van der Waals surface area contributed by atoms with E-state index in [1.54, 1.807) is 6.20 Å². The summed E-state index contributed by atoms with van der Waals surface area (Å²) in [5.74, 6) is 0.0895. The topological polar surface area (TPSA) is 33.2 Å². The summed E-state index contributed by atoms with van der Waals surface area (Å²) in [6, 6.07) is 20.1. The number of amides is 1. The Morgan fingerprint density at radius 1 is 1.00 bits per heavy atom. The number of aromatic nitrogens is 1. The second-order valence-corrected chi connectivity index (χ2v) is 6.49. The lowest BCUT2D eigenvalue weighted by molar-refractivity contribution is 0.0735.